The second kappa shape index (κ2) is 8.53. The van der Waals surface area contributed by atoms with Crippen LogP contribution < -0.4 is 16.4 Å². The average molecular weight is 402 g/mol. The van der Waals surface area contributed by atoms with E-state index < -0.39 is 5.91 Å². The quantitative estimate of drug-likeness (QED) is 0.605. The summed E-state index contributed by atoms with van der Waals surface area (Å²) in [6, 6.07) is 17.2. The first-order valence-electron chi connectivity index (χ1n) is 10.3. The predicted molar refractivity (Wildman–Crippen MR) is 119 cm³/mol. The van der Waals surface area contributed by atoms with Crippen LogP contribution in [-0.4, -0.2) is 28.9 Å². The van der Waals surface area contributed by atoms with Gasteiger partial charge < -0.3 is 16.4 Å². The van der Waals surface area contributed by atoms with Gasteiger partial charge in [-0.3, -0.25) is 9.59 Å². The standard InChI is InChI=1S/C24H26N4O2/c1-15-13-22(28-21-8-3-2-7-20(15)21)26-18-9-11-19(12-10-18)27-24(30)17-6-4-5-16(14-17)23(25)29/h2-8,13-14,18-19H,9-12H2,1H3,(H2,25,29)(H,26,28)(H,27,30)/t18-,19+. The molecule has 3 aromatic rings. The van der Waals surface area contributed by atoms with E-state index in [4.69, 9.17) is 10.7 Å². The number of rotatable bonds is 5. The van der Waals surface area contributed by atoms with Crippen LogP contribution in [0, 0.1) is 6.92 Å². The molecule has 1 fully saturated rings. The van der Waals surface area contributed by atoms with Gasteiger partial charge in [0.2, 0.25) is 5.91 Å². The van der Waals surface area contributed by atoms with E-state index in [1.165, 1.54) is 10.9 Å². The van der Waals surface area contributed by atoms with E-state index in [-0.39, 0.29) is 11.9 Å². The highest BCUT2D eigenvalue weighted by Crippen LogP contribution is 2.25. The third-order valence-corrected chi connectivity index (χ3v) is 5.75. The molecular weight excluding hydrogens is 376 g/mol. The van der Waals surface area contributed by atoms with Crippen LogP contribution in [-0.2, 0) is 0 Å². The maximum absolute atomic E-state index is 12.5. The number of anilines is 1. The van der Waals surface area contributed by atoms with Crippen LogP contribution >= 0.6 is 0 Å². The third-order valence-electron chi connectivity index (χ3n) is 5.75. The van der Waals surface area contributed by atoms with Gasteiger partial charge in [-0.1, -0.05) is 24.3 Å². The molecule has 1 heterocycles. The van der Waals surface area contributed by atoms with Gasteiger partial charge in [-0.25, -0.2) is 4.98 Å². The Balaban J connectivity index is 1.33. The second-order valence-corrected chi connectivity index (χ2v) is 7.95. The summed E-state index contributed by atoms with van der Waals surface area (Å²) in [6.07, 6.45) is 3.70. The molecule has 1 aliphatic carbocycles. The van der Waals surface area contributed by atoms with Crippen molar-refractivity contribution < 1.29 is 9.59 Å². The lowest BCUT2D eigenvalue weighted by Crippen LogP contribution is -2.40. The molecule has 0 unspecified atom stereocenters. The molecule has 6 heteroatoms. The van der Waals surface area contributed by atoms with Crippen molar-refractivity contribution in [3.63, 3.8) is 0 Å². The molecule has 0 aliphatic heterocycles. The summed E-state index contributed by atoms with van der Waals surface area (Å²) in [7, 11) is 0. The lowest BCUT2D eigenvalue weighted by Gasteiger charge is -2.30. The summed E-state index contributed by atoms with van der Waals surface area (Å²) in [5.41, 5.74) is 8.31. The summed E-state index contributed by atoms with van der Waals surface area (Å²) >= 11 is 0. The highest BCUT2D eigenvalue weighted by molar-refractivity contribution is 5.99. The topological polar surface area (TPSA) is 97.1 Å². The predicted octanol–water partition coefficient (Wildman–Crippen LogP) is 3.80. The van der Waals surface area contributed by atoms with E-state index in [2.05, 4.69) is 29.7 Å². The maximum atomic E-state index is 12.5. The minimum atomic E-state index is -0.534. The number of benzene rings is 2. The van der Waals surface area contributed by atoms with Crippen molar-refractivity contribution >= 4 is 28.5 Å². The third kappa shape index (κ3) is 4.43. The number of carbonyl (C=O) groups is 2. The lowest BCUT2D eigenvalue weighted by atomic mass is 9.91. The first-order valence-corrected chi connectivity index (χ1v) is 10.3. The number of fused-ring (bicyclic) bond motifs is 1. The number of hydrogen-bond acceptors (Lipinski definition) is 4. The normalized spacial score (nSPS) is 18.7. The Hall–Kier alpha value is -3.41. The van der Waals surface area contributed by atoms with E-state index in [0.717, 1.165) is 37.0 Å². The zero-order chi connectivity index (χ0) is 21.1. The summed E-state index contributed by atoms with van der Waals surface area (Å²) in [5, 5.41) is 7.82. The number of carbonyl (C=O) groups excluding carboxylic acids is 2. The van der Waals surface area contributed by atoms with Crippen LogP contribution in [0.15, 0.2) is 54.6 Å². The fourth-order valence-electron chi connectivity index (χ4n) is 4.10. The molecular formula is C24H26N4O2. The minimum absolute atomic E-state index is 0.124. The molecule has 2 amide bonds. The molecule has 30 heavy (non-hydrogen) atoms. The Morgan fingerprint density at radius 2 is 1.63 bits per heavy atom. The van der Waals surface area contributed by atoms with Crippen molar-refractivity contribution in [2.75, 3.05) is 5.32 Å². The van der Waals surface area contributed by atoms with Crippen molar-refractivity contribution in [3.05, 3.63) is 71.3 Å². The average Bonchev–Trinajstić information content (AvgIpc) is 2.75. The second-order valence-electron chi connectivity index (χ2n) is 7.95. The van der Waals surface area contributed by atoms with Gasteiger partial charge in [-0.05, 0) is 68.5 Å². The Labute approximate surface area is 175 Å². The van der Waals surface area contributed by atoms with E-state index in [0.29, 0.717) is 17.2 Å². The van der Waals surface area contributed by atoms with Crippen molar-refractivity contribution in [1.29, 1.82) is 0 Å². The van der Waals surface area contributed by atoms with Gasteiger partial charge in [0.05, 0.1) is 5.52 Å². The van der Waals surface area contributed by atoms with Gasteiger partial charge in [-0.15, -0.1) is 0 Å². The van der Waals surface area contributed by atoms with Gasteiger partial charge in [0.15, 0.2) is 0 Å². The van der Waals surface area contributed by atoms with Crippen LogP contribution in [0.5, 0.6) is 0 Å². The van der Waals surface area contributed by atoms with Crippen LogP contribution in [0.4, 0.5) is 5.82 Å². The highest BCUT2D eigenvalue weighted by Gasteiger charge is 2.23. The Bertz CT molecular complexity index is 1090. The number of amides is 2. The summed E-state index contributed by atoms with van der Waals surface area (Å²) in [5.74, 6) is 0.206. The van der Waals surface area contributed by atoms with Crippen molar-refractivity contribution in [2.45, 2.75) is 44.7 Å². The number of nitrogens with two attached hydrogens (primary N) is 1. The van der Waals surface area contributed by atoms with E-state index in [9.17, 15) is 9.59 Å². The molecule has 0 spiro atoms. The zero-order valence-electron chi connectivity index (χ0n) is 17.0. The van der Waals surface area contributed by atoms with Crippen LogP contribution in [0.25, 0.3) is 10.9 Å². The highest BCUT2D eigenvalue weighted by atomic mass is 16.2. The summed E-state index contributed by atoms with van der Waals surface area (Å²) in [4.78, 5) is 28.6. The molecule has 0 atom stereocenters. The van der Waals surface area contributed by atoms with Crippen LogP contribution in [0.2, 0.25) is 0 Å². The van der Waals surface area contributed by atoms with Crippen LogP contribution in [0.1, 0.15) is 52.0 Å². The molecule has 4 rings (SSSR count). The molecule has 2 aromatic carbocycles. The van der Waals surface area contributed by atoms with Crippen molar-refractivity contribution in [1.82, 2.24) is 10.3 Å². The Morgan fingerprint density at radius 1 is 0.933 bits per heavy atom. The number of nitrogens with one attached hydrogen (secondary N) is 2. The van der Waals surface area contributed by atoms with Crippen molar-refractivity contribution in [2.24, 2.45) is 5.73 Å². The maximum Gasteiger partial charge on any atom is 0.251 e. The Kier molecular flexibility index (Phi) is 5.65. The van der Waals surface area contributed by atoms with E-state index >= 15 is 0 Å². The van der Waals surface area contributed by atoms with Gasteiger partial charge >= 0.3 is 0 Å². The number of hydrogen-bond donors (Lipinski definition) is 3. The van der Waals surface area contributed by atoms with Gasteiger partial charge in [0, 0.05) is 28.6 Å². The van der Waals surface area contributed by atoms with E-state index in [1.807, 2.05) is 18.2 Å². The minimum Gasteiger partial charge on any atom is -0.367 e. The number of aromatic nitrogens is 1. The number of primary amides is 1. The first kappa shape index (κ1) is 19.9. The van der Waals surface area contributed by atoms with Gasteiger partial charge in [-0.2, -0.15) is 0 Å². The first-order chi connectivity index (χ1) is 14.5. The molecule has 1 saturated carbocycles. The van der Waals surface area contributed by atoms with Gasteiger partial charge in [0.25, 0.3) is 5.91 Å². The summed E-state index contributed by atoms with van der Waals surface area (Å²) < 4.78 is 0. The zero-order valence-corrected chi connectivity index (χ0v) is 17.0. The van der Waals surface area contributed by atoms with Gasteiger partial charge in [0.1, 0.15) is 5.82 Å². The smallest absolute Gasteiger partial charge is 0.251 e. The monoisotopic (exact) mass is 402 g/mol. The molecule has 0 radical (unpaired) electrons. The molecule has 4 N–H and O–H groups in total. The SMILES string of the molecule is Cc1cc(N[C@H]2CC[C@@H](NC(=O)c3cccc(C(N)=O)c3)CC2)nc2ccccc12. The fraction of sp³-hybridized carbons (Fsp3) is 0.292. The molecule has 0 bridgehead atoms. The number of pyridine rings is 1. The number of para-hydroxylation sites is 1. The van der Waals surface area contributed by atoms with Crippen molar-refractivity contribution in [3.8, 4) is 0 Å². The molecule has 154 valence electrons. The molecule has 6 nitrogen and oxygen atoms in total. The van der Waals surface area contributed by atoms with E-state index in [1.54, 1.807) is 24.3 Å². The largest absolute Gasteiger partial charge is 0.367 e. The van der Waals surface area contributed by atoms with Crippen LogP contribution in [0.3, 0.4) is 0 Å². The lowest BCUT2D eigenvalue weighted by molar-refractivity contribution is 0.0926. The number of nitrogens with zero attached hydrogens (tertiary/aromatic N) is 1. The number of aryl methyl sites for hydroxylation is 1. The summed E-state index contributed by atoms with van der Waals surface area (Å²) in [6.45, 7) is 2.11. The fourth-order valence-corrected chi connectivity index (χ4v) is 4.10. The molecule has 1 aromatic heterocycles. The molecule has 0 saturated heterocycles. The molecule has 1 aliphatic rings. The Morgan fingerprint density at radius 3 is 2.40 bits per heavy atom.